The Labute approximate surface area is 178 Å². The van der Waals surface area contributed by atoms with Crippen LogP contribution >= 0.6 is 11.3 Å². The van der Waals surface area contributed by atoms with E-state index in [9.17, 15) is 9.59 Å². The third kappa shape index (κ3) is 3.42. The van der Waals surface area contributed by atoms with E-state index in [2.05, 4.69) is 6.07 Å². The van der Waals surface area contributed by atoms with E-state index in [1.807, 2.05) is 41.3 Å². The molecule has 0 spiro atoms. The number of benzene rings is 3. The number of rotatable bonds is 4. The van der Waals surface area contributed by atoms with Crippen LogP contribution in [0.5, 0.6) is 0 Å². The summed E-state index contributed by atoms with van der Waals surface area (Å²) in [7, 11) is 0. The molecular weight excluding hydrogens is 392 g/mol. The number of hydrogen-bond donors (Lipinski definition) is 0. The standard InChI is InChI=1S/C25H20N2O2S/c28-23(17-7-2-1-3-8-17)18-12-14-19(15-13-18)25(29)27-16-6-10-21(27)24-26-20-9-4-5-11-22(20)30-24/h1-5,7-9,11-15,21H,6,10,16H2. The van der Waals surface area contributed by atoms with Crippen LogP contribution in [0.15, 0.2) is 78.9 Å². The van der Waals surface area contributed by atoms with Crippen molar-refractivity contribution in [3.05, 3.63) is 101 Å². The average molecular weight is 413 g/mol. The summed E-state index contributed by atoms with van der Waals surface area (Å²) in [6.45, 7) is 0.726. The minimum absolute atomic E-state index is 0.00420. The SMILES string of the molecule is O=C(c1ccccc1)c1ccc(C(=O)N2CCCC2c2nc3ccccc3s2)cc1. The number of para-hydroxylation sites is 1. The van der Waals surface area contributed by atoms with E-state index in [1.165, 1.54) is 0 Å². The molecule has 4 aromatic rings. The first-order valence-electron chi connectivity index (χ1n) is 10.1. The first-order valence-corrected chi connectivity index (χ1v) is 10.9. The van der Waals surface area contributed by atoms with Crippen molar-refractivity contribution in [3.63, 3.8) is 0 Å². The average Bonchev–Trinajstić information content (AvgIpc) is 3.45. The molecule has 0 saturated carbocycles. The molecule has 30 heavy (non-hydrogen) atoms. The normalized spacial score (nSPS) is 16.1. The van der Waals surface area contributed by atoms with Gasteiger partial charge in [0, 0.05) is 23.2 Å². The predicted octanol–water partition coefficient (Wildman–Crippen LogP) is 5.50. The predicted molar refractivity (Wildman–Crippen MR) is 119 cm³/mol. The monoisotopic (exact) mass is 412 g/mol. The summed E-state index contributed by atoms with van der Waals surface area (Å²) in [5.74, 6) is -0.0430. The molecular formula is C25H20N2O2S. The molecule has 0 bridgehead atoms. The lowest BCUT2D eigenvalue weighted by molar-refractivity contribution is 0.0735. The Balaban J connectivity index is 1.37. The van der Waals surface area contributed by atoms with Crippen molar-refractivity contribution in [2.75, 3.05) is 6.54 Å². The minimum atomic E-state index is -0.0388. The molecule has 0 radical (unpaired) electrons. The highest BCUT2D eigenvalue weighted by molar-refractivity contribution is 7.18. The van der Waals surface area contributed by atoms with Crippen molar-refractivity contribution >= 4 is 33.2 Å². The Morgan fingerprint density at radius 2 is 1.50 bits per heavy atom. The van der Waals surface area contributed by atoms with Crippen LogP contribution in [0.4, 0.5) is 0 Å². The molecule has 1 unspecified atom stereocenters. The van der Waals surface area contributed by atoms with Crippen LogP contribution in [-0.2, 0) is 0 Å². The zero-order valence-electron chi connectivity index (χ0n) is 16.3. The van der Waals surface area contributed by atoms with Gasteiger partial charge in [-0.05, 0) is 37.1 Å². The van der Waals surface area contributed by atoms with Crippen molar-refractivity contribution in [1.29, 1.82) is 0 Å². The molecule has 5 rings (SSSR count). The van der Waals surface area contributed by atoms with Crippen molar-refractivity contribution in [2.24, 2.45) is 0 Å². The summed E-state index contributed by atoms with van der Waals surface area (Å²) in [6, 6.07) is 24.3. The van der Waals surface area contributed by atoms with Crippen LogP contribution in [0.25, 0.3) is 10.2 Å². The van der Waals surface area contributed by atoms with Gasteiger partial charge in [0.25, 0.3) is 5.91 Å². The lowest BCUT2D eigenvalue weighted by Gasteiger charge is -2.23. The third-order valence-electron chi connectivity index (χ3n) is 5.54. The lowest BCUT2D eigenvalue weighted by atomic mass is 10.0. The minimum Gasteiger partial charge on any atom is -0.329 e. The third-order valence-corrected chi connectivity index (χ3v) is 6.68. The van der Waals surface area contributed by atoms with Crippen molar-refractivity contribution in [3.8, 4) is 0 Å². The Kier molecular flexibility index (Phi) is 4.89. The van der Waals surface area contributed by atoms with Crippen LogP contribution in [0.2, 0.25) is 0 Å². The molecule has 3 aromatic carbocycles. The molecule has 0 aliphatic carbocycles. The van der Waals surface area contributed by atoms with Gasteiger partial charge in [0.1, 0.15) is 5.01 Å². The van der Waals surface area contributed by atoms with Gasteiger partial charge < -0.3 is 4.90 Å². The number of thiazole rings is 1. The first kappa shape index (κ1) is 18.7. The van der Waals surface area contributed by atoms with E-state index in [4.69, 9.17) is 4.98 Å². The van der Waals surface area contributed by atoms with Gasteiger partial charge in [-0.15, -0.1) is 11.3 Å². The Bertz CT molecular complexity index is 1180. The fourth-order valence-electron chi connectivity index (χ4n) is 3.99. The molecule has 5 heteroatoms. The summed E-state index contributed by atoms with van der Waals surface area (Å²) < 4.78 is 1.15. The molecule has 1 atom stereocenters. The van der Waals surface area contributed by atoms with Crippen molar-refractivity contribution in [1.82, 2.24) is 9.88 Å². The summed E-state index contributed by atoms with van der Waals surface area (Å²) in [4.78, 5) is 32.5. The van der Waals surface area contributed by atoms with Gasteiger partial charge in [0.05, 0.1) is 16.3 Å². The number of ketones is 1. The molecule has 1 aromatic heterocycles. The maximum Gasteiger partial charge on any atom is 0.254 e. The van der Waals surface area contributed by atoms with E-state index in [1.54, 1.807) is 47.7 Å². The molecule has 1 saturated heterocycles. The largest absolute Gasteiger partial charge is 0.329 e. The number of carbonyl (C=O) groups is 2. The van der Waals surface area contributed by atoms with Gasteiger partial charge in [-0.25, -0.2) is 4.98 Å². The Morgan fingerprint density at radius 3 is 2.27 bits per heavy atom. The molecule has 1 aliphatic rings. The van der Waals surface area contributed by atoms with Gasteiger partial charge in [-0.2, -0.15) is 0 Å². The van der Waals surface area contributed by atoms with Crippen LogP contribution in [-0.4, -0.2) is 28.1 Å². The smallest absolute Gasteiger partial charge is 0.254 e. The van der Waals surface area contributed by atoms with E-state index < -0.39 is 0 Å². The quantitative estimate of drug-likeness (QED) is 0.416. The highest BCUT2D eigenvalue weighted by atomic mass is 32.1. The summed E-state index contributed by atoms with van der Waals surface area (Å²) in [5, 5.41) is 0.998. The molecule has 1 amide bonds. The van der Waals surface area contributed by atoms with E-state index in [0.29, 0.717) is 16.7 Å². The van der Waals surface area contributed by atoms with E-state index >= 15 is 0 Å². The van der Waals surface area contributed by atoms with Gasteiger partial charge in [0.15, 0.2) is 5.78 Å². The molecule has 1 aliphatic heterocycles. The zero-order valence-corrected chi connectivity index (χ0v) is 17.1. The van der Waals surface area contributed by atoms with E-state index in [-0.39, 0.29) is 17.7 Å². The zero-order chi connectivity index (χ0) is 20.5. The van der Waals surface area contributed by atoms with Crippen LogP contribution in [0.1, 0.15) is 50.2 Å². The van der Waals surface area contributed by atoms with Crippen LogP contribution < -0.4 is 0 Å². The lowest BCUT2D eigenvalue weighted by Crippen LogP contribution is -2.30. The molecule has 148 valence electrons. The highest BCUT2D eigenvalue weighted by Gasteiger charge is 2.32. The Hall–Kier alpha value is -3.31. The van der Waals surface area contributed by atoms with Crippen molar-refractivity contribution < 1.29 is 9.59 Å². The topological polar surface area (TPSA) is 50.3 Å². The number of hydrogen-bond acceptors (Lipinski definition) is 4. The maximum atomic E-state index is 13.2. The highest BCUT2D eigenvalue weighted by Crippen LogP contribution is 2.37. The fraction of sp³-hybridized carbons (Fsp3) is 0.160. The first-order chi connectivity index (χ1) is 14.7. The number of carbonyl (C=O) groups excluding carboxylic acids is 2. The summed E-state index contributed by atoms with van der Waals surface area (Å²) in [5.41, 5.74) is 2.82. The fourth-order valence-corrected chi connectivity index (χ4v) is 5.10. The van der Waals surface area contributed by atoms with Crippen molar-refractivity contribution in [2.45, 2.75) is 18.9 Å². The summed E-state index contributed by atoms with van der Waals surface area (Å²) >= 11 is 1.67. The van der Waals surface area contributed by atoms with Crippen LogP contribution in [0, 0.1) is 0 Å². The molecule has 1 fully saturated rings. The van der Waals surface area contributed by atoms with Gasteiger partial charge in [-0.3, -0.25) is 9.59 Å². The van der Waals surface area contributed by atoms with Gasteiger partial charge in [0.2, 0.25) is 0 Å². The van der Waals surface area contributed by atoms with Crippen LogP contribution in [0.3, 0.4) is 0 Å². The second-order valence-electron chi connectivity index (χ2n) is 7.45. The maximum absolute atomic E-state index is 13.2. The molecule has 2 heterocycles. The van der Waals surface area contributed by atoms with Gasteiger partial charge >= 0.3 is 0 Å². The summed E-state index contributed by atoms with van der Waals surface area (Å²) in [6.07, 6.45) is 1.90. The second kappa shape index (κ2) is 7.84. The molecule has 4 nitrogen and oxygen atoms in total. The second-order valence-corrected chi connectivity index (χ2v) is 8.51. The number of fused-ring (bicyclic) bond motifs is 1. The Morgan fingerprint density at radius 1 is 0.833 bits per heavy atom. The molecule has 0 N–H and O–H groups in total. The number of nitrogens with zero attached hydrogens (tertiary/aromatic N) is 2. The number of amides is 1. The number of likely N-dealkylation sites (tertiary alicyclic amines) is 1. The van der Waals surface area contributed by atoms with Gasteiger partial charge in [-0.1, -0.05) is 54.6 Å². The number of aromatic nitrogens is 1. The van der Waals surface area contributed by atoms with E-state index in [0.717, 1.165) is 34.6 Å².